The molecular formula is C8H5F3N4O. The van der Waals surface area contributed by atoms with E-state index in [1.807, 2.05) is 0 Å². The average Bonchev–Trinajstić information content (AvgIpc) is 2.67. The highest BCUT2D eigenvalue weighted by Crippen LogP contribution is 2.30. The Labute approximate surface area is 87.1 Å². The van der Waals surface area contributed by atoms with Crippen LogP contribution in [0.5, 0.6) is 0 Å². The molecule has 0 aromatic carbocycles. The zero-order valence-electron chi connectivity index (χ0n) is 7.69. The first-order chi connectivity index (χ1) is 7.47. The summed E-state index contributed by atoms with van der Waals surface area (Å²) < 4.78 is 40.9. The van der Waals surface area contributed by atoms with Gasteiger partial charge in [-0.25, -0.2) is 4.98 Å². The van der Waals surface area contributed by atoms with Gasteiger partial charge in [0.25, 0.3) is 0 Å². The van der Waals surface area contributed by atoms with Crippen LogP contribution in [0.3, 0.4) is 0 Å². The number of hydrogen-bond donors (Lipinski definition) is 1. The summed E-state index contributed by atoms with van der Waals surface area (Å²) in [5, 5.41) is 6.15. The fourth-order valence-corrected chi connectivity index (χ4v) is 0.986. The van der Waals surface area contributed by atoms with E-state index in [2.05, 4.69) is 19.6 Å². The van der Waals surface area contributed by atoms with Gasteiger partial charge in [-0.3, -0.25) is 0 Å². The van der Waals surface area contributed by atoms with Crippen LogP contribution in [0.1, 0.15) is 5.89 Å². The number of anilines is 1. The number of alkyl halides is 3. The van der Waals surface area contributed by atoms with Crippen molar-refractivity contribution in [3.05, 3.63) is 24.2 Å². The summed E-state index contributed by atoms with van der Waals surface area (Å²) in [5.74, 6) is -1.39. The molecule has 0 unspecified atom stereocenters. The highest BCUT2D eigenvalue weighted by molar-refractivity contribution is 5.52. The summed E-state index contributed by atoms with van der Waals surface area (Å²) in [6.07, 6.45) is -3.39. The van der Waals surface area contributed by atoms with E-state index in [1.54, 1.807) is 0 Å². The molecule has 0 amide bonds. The third kappa shape index (κ3) is 1.95. The van der Waals surface area contributed by atoms with Gasteiger partial charge in [-0.1, -0.05) is 0 Å². The van der Waals surface area contributed by atoms with Gasteiger partial charge in [0.2, 0.25) is 5.89 Å². The number of nitrogen functional groups attached to an aromatic ring is 1. The van der Waals surface area contributed by atoms with Crippen molar-refractivity contribution in [2.24, 2.45) is 0 Å². The second-order valence-corrected chi connectivity index (χ2v) is 2.88. The van der Waals surface area contributed by atoms with Crippen molar-refractivity contribution in [3.8, 4) is 11.5 Å². The van der Waals surface area contributed by atoms with Crippen LogP contribution in [0.15, 0.2) is 22.7 Å². The summed E-state index contributed by atoms with van der Waals surface area (Å²) in [6.45, 7) is 0. The summed E-state index contributed by atoms with van der Waals surface area (Å²) >= 11 is 0. The highest BCUT2D eigenvalue weighted by atomic mass is 19.4. The predicted molar refractivity (Wildman–Crippen MR) is 46.9 cm³/mol. The number of hydrogen-bond acceptors (Lipinski definition) is 5. The Bertz CT molecular complexity index is 491. The maximum Gasteiger partial charge on any atom is 0.470 e. The Morgan fingerprint density at radius 1 is 1.19 bits per heavy atom. The molecule has 0 fully saturated rings. The minimum atomic E-state index is -4.65. The molecular weight excluding hydrogens is 225 g/mol. The molecule has 0 saturated carbocycles. The van der Waals surface area contributed by atoms with E-state index in [1.165, 1.54) is 18.3 Å². The van der Waals surface area contributed by atoms with Gasteiger partial charge < -0.3 is 10.2 Å². The molecule has 0 atom stereocenters. The Morgan fingerprint density at radius 2 is 1.94 bits per heavy atom. The Kier molecular flexibility index (Phi) is 2.26. The highest BCUT2D eigenvalue weighted by Gasteiger charge is 2.38. The van der Waals surface area contributed by atoms with Crippen molar-refractivity contribution in [1.82, 2.24) is 15.2 Å². The fraction of sp³-hybridized carbons (Fsp3) is 0.125. The molecule has 0 aliphatic rings. The number of aromatic nitrogens is 3. The van der Waals surface area contributed by atoms with Crippen LogP contribution in [0.25, 0.3) is 11.5 Å². The normalized spacial score (nSPS) is 11.7. The van der Waals surface area contributed by atoms with Crippen LogP contribution in [0.4, 0.5) is 19.0 Å². The summed E-state index contributed by atoms with van der Waals surface area (Å²) in [4.78, 5) is 3.70. The lowest BCUT2D eigenvalue weighted by Gasteiger charge is -1.97. The molecule has 2 N–H and O–H groups in total. The molecule has 2 rings (SSSR count). The molecule has 0 radical (unpaired) electrons. The standard InChI is InChI=1S/C8H5F3N4O/c9-8(10,11)7-15-14-6(16-7)4-1-2-5(12)13-3-4/h1-3H,(H2,12,13). The zero-order chi connectivity index (χ0) is 11.8. The molecule has 0 saturated heterocycles. The van der Waals surface area contributed by atoms with E-state index in [0.29, 0.717) is 0 Å². The van der Waals surface area contributed by atoms with Crippen molar-refractivity contribution < 1.29 is 17.6 Å². The van der Waals surface area contributed by atoms with E-state index in [9.17, 15) is 13.2 Å². The number of nitrogens with zero attached hydrogens (tertiary/aromatic N) is 3. The lowest BCUT2D eigenvalue weighted by Crippen LogP contribution is -2.04. The van der Waals surface area contributed by atoms with Crippen LogP contribution in [-0.4, -0.2) is 15.2 Å². The van der Waals surface area contributed by atoms with Gasteiger partial charge in [0.1, 0.15) is 5.82 Å². The van der Waals surface area contributed by atoms with E-state index in [4.69, 9.17) is 5.73 Å². The molecule has 2 aromatic rings. The first-order valence-electron chi connectivity index (χ1n) is 4.09. The Morgan fingerprint density at radius 3 is 2.44 bits per heavy atom. The van der Waals surface area contributed by atoms with Gasteiger partial charge in [0.15, 0.2) is 0 Å². The molecule has 0 aliphatic carbocycles. The minimum Gasteiger partial charge on any atom is -0.413 e. The van der Waals surface area contributed by atoms with E-state index >= 15 is 0 Å². The second kappa shape index (κ2) is 3.47. The van der Waals surface area contributed by atoms with Crippen molar-refractivity contribution in [3.63, 3.8) is 0 Å². The van der Waals surface area contributed by atoms with Gasteiger partial charge in [-0.15, -0.1) is 10.2 Å². The monoisotopic (exact) mass is 230 g/mol. The summed E-state index contributed by atoms with van der Waals surface area (Å²) in [6, 6.07) is 2.86. The first kappa shape index (κ1) is 10.4. The van der Waals surface area contributed by atoms with E-state index < -0.39 is 12.1 Å². The minimum absolute atomic E-state index is 0.249. The quantitative estimate of drug-likeness (QED) is 0.807. The molecule has 5 nitrogen and oxygen atoms in total. The van der Waals surface area contributed by atoms with Crippen LogP contribution < -0.4 is 5.73 Å². The smallest absolute Gasteiger partial charge is 0.413 e. The van der Waals surface area contributed by atoms with Gasteiger partial charge in [0.05, 0.1) is 5.56 Å². The molecule has 8 heteroatoms. The number of rotatable bonds is 1. The number of pyridine rings is 1. The maximum atomic E-state index is 12.1. The third-order valence-corrected chi connectivity index (χ3v) is 1.70. The SMILES string of the molecule is Nc1ccc(-c2nnc(C(F)(F)F)o2)cn1. The summed E-state index contributed by atoms with van der Waals surface area (Å²) in [5.41, 5.74) is 5.60. The number of nitrogens with two attached hydrogens (primary N) is 1. The summed E-state index contributed by atoms with van der Waals surface area (Å²) in [7, 11) is 0. The maximum absolute atomic E-state index is 12.1. The van der Waals surface area contributed by atoms with Crippen LogP contribution in [0.2, 0.25) is 0 Å². The molecule has 0 aliphatic heterocycles. The van der Waals surface area contributed by atoms with Crippen molar-refractivity contribution >= 4 is 5.82 Å². The largest absolute Gasteiger partial charge is 0.470 e. The predicted octanol–water partition coefficient (Wildman–Crippen LogP) is 1.73. The van der Waals surface area contributed by atoms with Gasteiger partial charge in [0, 0.05) is 6.20 Å². The molecule has 2 heterocycles. The van der Waals surface area contributed by atoms with Crippen molar-refractivity contribution in [1.29, 1.82) is 0 Å². The lowest BCUT2D eigenvalue weighted by molar-refractivity contribution is -0.156. The van der Waals surface area contributed by atoms with Crippen LogP contribution in [-0.2, 0) is 6.18 Å². The Balaban J connectivity index is 2.35. The zero-order valence-corrected chi connectivity index (χ0v) is 7.69. The topological polar surface area (TPSA) is 77.8 Å². The van der Waals surface area contributed by atoms with Crippen LogP contribution in [0, 0.1) is 0 Å². The second-order valence-electron chi connectivity index (χ2n) is 2.88. The molecule has 2 aromatic heterocycles. The van der Waals surface area contributed by atoms with Gasteiger partial charge in [-0.2, -0.15) is 13.2 Å². The first-order valence-corrected chi connectivity index (χ1v) is 4.09. The molecule has 84 valence electrons. The molecule has 0 bridgehead atoms. The number of halogens is 3. The lowest BCUT2D eigenvalue weighted by atomic mass is 10.3. The van der Waals surface area contributed by atoms with Crippen LogP contribution >= 0.6 is 0 Å². The molecule has 16 heavy (non-hydrogen) atoms. The van der Waals surface area contributed by atoms with E-state index in [0.717, 1.165) is 0 Å². The average molecular weight is 230 g/mol. The van der Waals surface area contributed by atoms with E-state index in [-0.39, 0.29) is 17.3 Å². The Hall–Kier alpha value is -2.12. The van der Waals surface area contributed by atoms with Crippen molar-refractivity contribution in [2.75, 3.05) is 5.73 Å². The van der Waals surface area contributed by atoms with Gasteiger partial charge >= 0.3 is 12.1 Å². The van der Waals surface area contributed by atoms with Crippen molar-refractivity contribution in [2.45, 2.75) is 6.18 Å². The molecule has 0 spiro atoms. The fourth-order valence-electron chi connectivity index (χ4n) is 0.986. The third-order valence-electron chi connectivity index (χ3n) is 1.70. The van der Waals surface area contributed by atoms with Gasteiger partial charge in [-0.05, 0) is 12.1 Å².